The van der Waals surface area contributed by atoms with E-state index in [2.05, 4.69) is 10.3 Å². The maximum Gasteiger partial charge on any atom is 0.347 e. The molecule has 0 saturated heterocycles. The van der Waals surface area contributed by atoms with Crippen LogP contribution in [0.25, 0.3) is 11.1 Å². The zero-order valence-corrected chi connectivity index (χ0v) is 17.7. The Morgan fingerprint density at radius 1 is 1.03 bits per heavy atom. The van der Waals surface area contributed by atoms with Gasteiger partial charge < -0.3 is 19.6 Å². The van der Waals surface area contributed by atoms with Crippen LogP contribution >= 0.6 is 0 Å². The number of unbranched alkanes of at least 4 members (excludes halogenated alkanes) is 2. The Kier molecular flexibility index (Phi) is 7.46. The number of hydrogen-bond donors (Lipinski definition) is 2. The van der Waals surface area contributed by atoms with E-state index in [9.17, 15) is 4.79 Å². The number of aromatic nitrogens is 1. The van der Waals surface area contributed by atoms with Crippen molar-refractivity contribution < 1.29 is 19.1 Å². The number of carboxylic acid groups (broad SMARTS) is 1. The summed E-state index contributed by atoms with van der Waals surface area (Å²) < 4.78 is 11.3. The summed E-state index contributed by atoms with van der Waals surface area (Å²) in [5.41, 5.74) is 1.75. The Hall–Kier alpha value is -2.86. The second kappa shape index (κ2) is 10.3. The smallest absolute Gasteiger partial charge is 0.347 e. The quantitative estimate of drug-likeness (QED) is 0.424. The van der Waals surface area contributed by atoms with E-state index in [1.807, 2.05) is 48.5 Å². The van der Waals surface area contributed by atoms with Gasteiger partial charge in [0.1, 0.15) is 11.3 Å². The van der Waals surface area contributed by atoms with Gasteiger partial charge in [0.2, 0.25) is 0 Å². The second-order valence-electron chi connectivity index (χ2n) is 7.95. The van der Waals surface area contributed by atoms with Gasteiger partial charge in [0.25, 0.3) is 0 Å². The van der Waals surface area contributed by atoms with Gasteiger partial charge in [-0.2, -0.15) is 0 Å². The molecule has 160 valence electrons. The summed E-state index contributed by atoms with van der Waals surface area (Å²) in [5, 5.41) is 12.6. The van der Waals surface area contributed by atoms with Gasteiger partial charge in [-0.05, 0) is 76.0 Å². The van der Waals surface area contributed by atoms with Gasteiger partial charge >= 0.3 is 5.97 Å². The molecule has 6 nitrogen and oxygen atoms in total. The Morgan fingerprint density at radius 2 is 1.80 bits per heavy atom. The van der Waals surface area contributed by atoms with Crippen molar-refractivity contribution in [3.05, 3.63) is 60.0 Å². The summed E-state index contributed by atoms with van der Waals surface area (Å²) >= 11 is 0. The summed E-state index contributed by atoms with van der Waals surface area (Å²) in [6.45, 7) is 4.98. The van der Waals surface area contributed by atoms with Crippen LogP contribution < -0.4 is 10.1 Å². The number of aliphatic carboxylic acids is 1. The molecule has 3 aromatic rings. The average Bonchev–Trinajstić information content (AvgIpc) is 3.13. The lowest BCUT2D eigenvalue weighted by molar-refractivity contribution is -0.152. The third-order valence-electron chi connectivity index (χ3n) is 4.98. The lowest BCUT2D eigenvalue weighted by Gasteiger charge is -2.21. The van der Waals surface area contributed by atoms with E-state index < -0.39 is 11.6 Å². The standard InChI is InChI=1S/C24H30N2O4/c1-24(2,23(27)28)30-19-13-11-18(12-14-19)15-17-25-16-7-3-4-10-22-26-20-8-5-6-9-21(20)29-22/h5-6,8-9,11-14,25H,3-4,7,10,15-17H2,1-2H3,(H,27,28). The number of fused-ring (bicyclic) bond motifs is 1. The predicted octanol–water partition coefficient (Wildman–Crippen LogP) is 4.61. The summed E-state index contributed by atoms with van der Waals surface area (Å²) in [6.07, 6.45) is 5.13. The van der Waals surface area contributed by atoms with Crippen LogP contribution in [0.2, 0.25) is 0 Å². The summed E-state index contributed by atoms with van der Waals surface area (Å²) in [4.78, 5) is 15.6. The lowest BCUT2D eigenvalue weighted by Crippen LogP contribution is -2.37. The van der Waals surface area contributed by atoms with Gasteiger partial charge in [-0.25, -0.2) is 9.78 Å². The molecule has 0 aliphatic carbocycles. The Bertz CT molecular complexity index is 914. The average molecular weight is 411 g/mol. The normalized spacial score (nSPS) is 11.7. The molecular weight excluding hydrogens is 380 g/mol. The first-order chi connectivity index (χ1) is 14.4. The van der Waals surface area contributed by atoms with E-state index in [1.54, 1.807) is 13.8 Å². The fraction of sp³-hybridized carbons (Fsp3) is 0.417. The van der Waals surface area contributed by atoms with E-state index in [1.165, 1.54) is 5.56 Å². The van der Waals surface area contributed by atoms with Gasteiger partial charge in [-0.1, -0.05) is 30.7 Å². The highest BCUT2D eigenvalue weighted by Crippen LogP contribution is 2.19. The fourth-order valence-corrected chi connectivity index (χ4v) is 3.15. The van der Waals surface area contributed by atoms with Crippen molar-refractivity contribution in [3.8, 4) is 5.75 Å². The van der Waals surface area contributed by atoms with Crippen molar-refractivity contribution >= 4 is 17.1 Å². The minimum absolute atomic E-state index is 0.568. The van der Waals surface area contributed by atoms with Gasteiger partial charge in [0.05, 0.1) is 0 Å². The van der Waals surface area contributed by atoms with Crippen LogP contribution in [0.4, 0.5) is 0 Å². The van der Waals surface area contributed by atoms with Gasteiger partial charge in [-0.3, -0.25) is 0 Å². The van der Waals surface area contributed by atoms with Crippen LogP contribution in [-0.4, -0.2) is 34.8 Å². The minimum atomic E-state index is -1.23. The number of nitrogens with one attached hydrogen (secondary N) is 1. The highest BCUT2D eigenvalue weighted by Gasteiger charge is 2.29. The molecule has 0 radical (unpaired) electrons. The number of hydrogen-bond acceptors (Lipinski definition) is 5. The van der Waals surface area contributed by atoms with Crippen LogP contribution in [0.3, 0.4) is 0 Å². The van der Waals surface area contributed by atoms with Gasteiger partial charge in [0.15, 0.2) is 17.1 Å². The predicted molar refractivity (Wildman–Crippen MR) is 117 cm³/mol. The molecule has 0 atom stereocenters. The molecule has 6 heteroatoms. The van der Waals surface area contributed by atoms with Crippen LogP contribution in [-0.2, 0) is 17.6 Å². The van der Waals surface area contributed by atoms with E-state index in [0.29, 0.717) is 5.75 Å². The number of oxazole rings is 1. The van der Waals surface area contributed by atoms with E-state index in [4.69, 9.17) is 14.3 Å². The summed E-state index contributed by atoms with van der Waals surface area (Å²) in [5.74, 6) is 0.408. The number of nitrogens with zero attached hydrogens (tertiary/aromatic N) is 1. The molecule has 0 bridgehead atoms. The largest absolute Gasteiger partial charge is 0.478 e. The molecular formula is C24H30N2O4. The monoisotopic (exact) mass is 410 g/mol. The molecule has 2 aromatic carbocycles. The van der Waals surface area contributed by atoms with Gasteiger partial charge in [-0.15, -0.1) is 0 Å². The van der Waals surface area contributed by atoms with E-state index >= 15 is 0 Å². The van der Waals surface area contributed by atoms with Crippen molar-refractivity contribution in [3.63, 3.8) is 0 Å². The Balaban J connectivity index is 1.27. The fourth-order valence-electron chi connectivity index (χ4n) is 3.15. The molecule has 0 saturated carbocycles. The number of carboxylic acids is 1. The number of carbonyl (C=O) groups is 1. The van der Waals surface area contributed by atoms with Crippen molar-refractivity contribution in [2.24, 2.45) is 0 Å². The third kappa shape index (κ3) is 6.32. The van der Waals surface area contributed by atoms with Crippen molar-refractivity contribution in [1.29, 1.82) is 0 Å². The third-order valence-corrected chi connectivity index (χ3v) is 4.98. The molecule has 3 rings (SSSR count). The topological polar surface area (TPSA) is 84.6 Å². The van der Waals surface area contributed by atoms with Crippen LogP contribution in [0.15, 0.2) is 52.9 Å². The highest BCUT2D eigenvalue weighted by atomic mass is 16.5. The molecule has 2 N–H and O–H groups in total. The summed E-state index contributed by atoms with van der Waals surface area (Å²) in [7, 11) is 0. The highest BCUT2D eigenvalue weighted by molar-refractivity contribution is 5.76. The van der Waals surface area contributed by atoms with Crippen molar-refractivity contribution in [2.45, 2.75) is 51.6 Å². The molecule has 0 spiro atoms. The zero-order valence-electron chi connectivity index (χ0n) is 17.7. The number of para-hydroxylation sites is 2. The van der Waals surface area contributed by atoms with Crippen LogP contribution in [0.5, 0.6) is 5.75 Å². The first-order valence-corrected chi connectivity index (χ1v) is 10.5. The molecule has 1 aromatic heterocycles. The molecule has 0 aliphatic heterocycles. The Morgan fingerprint density at radius 3 is 2.53 bits per heavy atom. The number of aryl methyl sites for hydroxylation is 1. The molecule has 0 fully saturated rings. The van der Waals surface area contributed by atoms with Crippen LogP contribution in [0, 0.1) is 0 Å². The molecule has 1 heterocycles. The SMILES string of the molecule is CC(C)(Oc1ccc(CCNCCCCCc2nc3ccccc3o2)cc1)C(=O)O. The molecule has 0 amide bonds. The second-order valence-corrected chi connectivity index (χ2v) is 7.95. The first-order valence-electron chi connectivity index (χ1n) is 10.5. The Labute approximate surface area is 177 Å². The molecule has 0 unspecified atom stereocenters. The maximum atomic E-state index is 11.1. The number of benzene rings is 2. The molecule has 30 heavy (non-hydrogen) atoms. The van der Waals surface area contributed by atoms with Crippen LogP contribution in [0.1, 0.15) is 44.6 Å². The lowest BCUT2D eigenvalue weighted by atomic mass is 10.1. The van der Waals surface area contributed by atoms with Crippen molar-refractivity contribution in [2.75, 3.05) is 13.1 Å². The number of ether oxygens (including phenoxy) is 1. The van der Waals surface area contributed by atoms with Crippen molar-refractivity contribution in [1.82, 2.24) is 10.3 Å². The first kappa shape index (κ1) is 21.8. The maximum absolute atomic E-state index is 11.1. The minimum Gasteiger partial charge on any atom is -0.478 e. The zero-order chi connectivity index (χ0) is 21.4. The number of rotatable bonds is 12. The van der Waals surface area contributed by atoms with Gasteiger partial charge in [0, 0.05) is 6.42 Å². The van der Waals surface area contributed by atoms with E-state index in [-0.39, 0.29) is 0 Å². The summed E-state index contributed by atoms with van der Waals surface area (Å²) in [6, 6.07) is 15.5. The molecule has 0 aliphatic rings. The van der Waals surface area contributed by atoms with E-state index in [0.717, 1.165) is 62.2 Å².